The average molecular weight is 366 g/mol. The number of thiophene rings is 1. The molecule has 0 saturated carbocycles. The Morgan fingerprint density at radius 2 is 1.75 bits per heavy atom. The summed E-state index contributed by atoms with van der Waals surface area (Å²) in [5, 5.41) is 12.3. The van der Waals surface area contributed by atoms with E-state index in [2.05, 4.69) is 5.32 Å². The zero-order valence-electron chi connectivity index (χ0n) is 13.2. The van der Waals surface area contributed by atoms with Crippen LogP contribution < -0.4 is 5.32 Å². The first-order valence-corrected chi connectivity index (χ1v) is 8.41. The van der Waals surface area contributed by atoms with Crippen molar-refractivity contribution in [2.24, 2.45) is 0 Å². The largest absolute Gasteiger partial charge is 0.481 e. The topological polar surface area (TPSA) is 83.5 Å². The number of carboxylic acid groups (broad SMARTS) is 1. The van der Waals surface area contributed by atoms with Gasteiger partial charge in [-0.05, 0) is 43.7 Å². The molecular formula is C17H16ClNO4S. The van der Waals surface area contributed by atoms with E-state index in [-0.39, 0.29) is 18.6 Å². The number of carboxylic acids is 1. The van der Waals surface area contributed by atoms with Crippen LogP contribution in [0.2, 0.25) is 5.02 Å². The number of ketones is 1. The minimum Gasteiger partial charge on any atom is -0.481 e. The summed E-state index contributed by atoms with van der Waals surface area (Å²) in [7, 11) is 0. The fourth-order valence-corrected chi connectivity index (χ4v) is 3.34. The molecule has 0 radical (unpaired) electrons. The van der Waals surface area contributed by atoms with E-state index in [1.165, 1.54) is 11.3 Å². The SMILES string of the molecule is Cc1sc(NC(=O)CCC(=O)O)c(C(=O)c2ccc(Cl)cc2)c1C. The highest BCUT2D eigenvalue weighted by molar-refractivity contribution is 7.16. The number of halogens is 1. The van der Waals surface area contributed by atoms with Gasteiger partial charge >= 0.3 is 5.97 Å². The molecule has 1 amide bonds. The molecule has 1 aromatic carbocycles. The van der Waals surface area contributed by atoms with E-state index in [1.54, 1.807) is 24.3 Å². The molecule has 0 aliphatic rings. The lowest BCUT2D eigenvalue weighted by atomic mass is 10.0. The monoisotopic (exact) mass is 365 g/mol. The third-order valence-corrected chi connectivity index (χ3v) is 4.91. The Labute approximate surface area is 148 Å². The van der Waals surface area contributed by atoms with Crippen LogP contribution in [0.25, 0.3) is 0 Å². The van der Waals surface area contributed by atoms with Crippen molar-refractivity contribution in [3.63, 3.8) is 0 Å². The quantitative estimate of drug-likeness (QED) is 0.756. The number of rotatable bonds is 6. The number of carbonyl (C=O) groups excluding carboxylic acids is 2. The summed E-state index contributed by atoms with van der Waals surface area (Å²) in [6.45, 7) is 3.69. The second-order valence-electron chi connectivity index (χ2n) is 5.27. The average Bonchev–Trinajstić information content (AvgIpc) is 2.79. The lowest BCUT2D eigenvalue weighted by Crippen LogP contribution is -2.15. The van der Waals surface area contributed by atoms with E-state index in [0.29, 0.717) is 21.2 Å². The number of anilines is 1. The molecule has 2 N–H and O–H groups in total. The van der Waals surface area contributed by atoms with Gasteiger partial charge < -0.3 is 10.4 Å². The van der Waals surface area contributed by atoms with Gasteiger partial charge in [-0.2, -0.15) is 0 Å². The molecule has 2 rings (SSSR count). The van der Waals surface area contributed by atoms with Crippen molar-refractivity contribution >= 4 is 45.6 Å². The first-order chi connectivity index (χ1) is 11.3. The van der Waals surface area contributed by atoms with Crippen LogP contribution in [0.15, 0.2) is 24.3 Å². The highest BCUT2D eigenvalue weighted by Gasteiger charge is 2.22. The van der Waals surface area contributed by atoms with Crippen molar-refractivity contribution in [1.82, 2.24) is 0 Å². The molecule has 0 spiro atoms. The minimum atomic E-state index is -1.04. The maximum atomic E-state index is 12.8. The standard InChI is InChI=1S/C17H16ClNO4S/c1-9-10(2)24-17(19-13(20)7-8-14(21)22)15(9)16(23)11-3-5-12(18)6-4-11/h3-6H,7-8H2,1-2H3,(H,19,20)(H,21,22). The fraction of sp³-hybridized carbons (Fsp3) is 0.235. The van der Waals surface area contributed by atoms with Crippen LogP contribution in [-0.2, 0) is 9.59 Å². The van der Waals surface area contributed by atoms with Crippen LogP contribution in [0.5, 0.6) is 0 Å². The van der Waals surface area contributed by atoms with E-state index in [0.717, 1.165) is 10.4 Å². The molecular weight excluding hydrogens is 350 g/mol. The van der Waals surface area contributed by atoms with Crippen LogP contribution in [0.1, 0.15) is 39.2 Å². The Balaban J connectivity index is 2.29. The fourth-order valence-electron chi connectivity index (χ4n) is 2.14. The Bertz CT molecular complexity index is 796. The summed E-state index contributed by atoms with van der Waals surface area (Å²) in [6, 6.07) is 6.53. The normalized spacial score (nSPS) is 10.5. The van der Waals surface area contributed by atoms with Gasteiger partial charge in [-0.3, -0.25) is 14.4 Å². The molecule has 1 aromatic heterocycles. The third kappa shape index (κ3) is 4.21. The summed E-state index contributed by atoms with van der Waals surface area (Å²) in [5.74, 6) is -1.67. The molecule has 126 valence electrons. The zero-order chi connectivity index (χ0) is 17.9. The predicted molar refractivity (Wildman–Crippen MR) is 94.2 cm³/mol. The van der Waals surface area contributed by atoms with Crippen LogP contribution in [-0.4, -0.2) is 22.8 Å². The third-order valence-electron chi connectivity index (χ3n) is 3.54. The lowest BCUT2D eigenvalue weighted by molar-refractivity contribution is -0.138. The molecule has 0 aliphatic carbocycles. The number of benzene rings is 1. The smallest absolute Gasteiger partial charge is 0.303 e. The van der Waals surface area contributed by atoms with Gasteiger partial charge in [-0.1, -0.05) is 11.6 Å². The summed E-state index contributed by atoms with van der Waals surface area (Å²) in [4.78, 5) is 36.2. The molecule has 7 heteroatoms. The van der Waals surface area contributed by atoms with Gasteiger partial charge in [0.25, 0.3) is 0 Å². The minimum absolute atomic E-state index is 0.139. The van der Waals surface area contributed by atoms with Gasteiger partial charge in [0, 0.05) is 21.9 Å². The zero-order valence-corrected chi connectivity index (χ0v) is 14.8. The molecule has 2 aromatic rings. The van der Waals surface area contributed by atoms with E-state index < -0.39 is 11.9 Å². The van der Waals surface area contributed by atoms with Crippen molar-refractivity contribution in [3.05, 3.63) is 50.9 Å². The van der Waals surface area contributed by atoms with E-state index in [9.17, 15) is 14.4 Å². The molecule has 5 nitrogen and oxygen atoms in total. The van der Waals surface area contributed by atoms with Crippen molar-refractivity contribution < 1.29 is 19.5 Å². The first kappa shape index (κ1) is 18.2. The lowest BCUT2D eigenvalue weighted by Gasteiger charge is -2.07. The van der Waals surface area contributed by atoms with Crippen molar-refractivity contribution in [2.75, 3.05) is 5.32 Å². The van der Waals surface area contributed by atoms with E-state index >= 15 is 0 Å². The van der Waals surface area contributed by atoms with Gasteiger partial charge in [0.2, 0.25) is 5.91 Å². The van der Waals surface area contributed by atoms with Crippen molar-refractivity contribution in [1.29, 1.82) is 0 Å². The maximum absolute atomic E-state index is 12.8. The highest BCUT2D eigenvalue weighted by Crippen LogP contribution is 2.34. The summed E-state index contributed by atoms with van der Waals surface area (Å²) < 4.78 is 0. The van der Waals surface area contributed by atoms with Gasteiger partial charge in [-0.25, -0.2) is 0 Å². The van der Waals surface area contributed by atoms with Crippen LogP contribution in [0, 0.1) is 13.8 Å². The van der Waals surface area contributed by atoms with Gasteiger partial charge in [0.1, 0.15) is 5.00 Å². The second-order valence-corrected chi connectivity index (χ2v) is 6.93. The van der Waals surface area contributed by atoms with Crippen LogP contribution in [0.4, 0.5) is 5.00 Å². The van der Waals surface area contributed by atoms with Crippen molar-refractivity contribution in [2.45, 2.75) is 26.7 Å². The van der Waals surface area contributed by atoms with E-state index in [1.807, 2.05) is 13.8 Å². The molecule has 0 bridgehead atoms. The van der Waals surface area contributed by atoms with Gasteiger partial charge in [-0.15, -0.1) is 11.3 Å². The van der Waals surface area contributed by atoms with Crippen molar-refractivity contribution in [3.8, 4) is 0 Å². The molecule has 0 saturated heterocycles. The summed E-state index contributed by atoms with van der Waals surface area (Å²) in [6.07, 6.45) is -0.393. The second kappa shape index (κ2) is 7.59. The number of hydrogen-bond donors (Lipinski definition) is 2. The number of carbonyl (C=O) groups is 3. The predicted octanol–water partition coefficient (Wildman–Crippen LogP) is 4.05. The number of hydrogen-bond acceptors (Lipinski definition) is 4. The molecule has 0 unspecified atom stereocenters. The highest BCUT2D eigenvalue weighted by atomic mass is 35.5. The number of nitrogens with one attached hydrogen (secondary N) is 1. The van der Waals surface area contributed by atoms with Gasteiger partial charge in [0.05, 0.1) is 12.0 Å². The number of aliphatic carboxylic acids is 1. The van der Waals surface area contributed by atoms with Crippen LogP contribution in [0.3, 0.4) is 0 Å². The summed E-state index contributed by atoms with van der Waals surface area (Å²) >= 11 is 7.15. The molecule has 24 heavy (non-hydrogen) atoms. The molecule has 0 atom stereocenters. The first-order valence-electron chi connectivity index (χ1n) is 7.21. The Kier molecular flexibility index (Phi) is 5.75. The van der Waals surface area contributed by atoms with Crippen LogP contribution >= 0.6 is 22.9 Å². The summed E-state index contributed by atoms with van der Waals surface area (Å²) in [5.41, 5.74) is 1.71. The van der Waals surface area contributed by atoms with Gasteiger partial charge in [0.15, 0.2) is 5.78 Å². The Morgan fingerprint density at radius 3 is 2.33 bits per heavy atom. The van der Waals surface area contributed by atoms with E-state index in [4.69, 9.17) is 16.7 Å². The molecule has 1 heterocycles. The Morgan fingerprint density at radius 1 is 1.12 bits per heavy atom. The number of aryl methyl sites for hydroxylation is 1. The maximum Gasteiger partial charge on any atom is 0.303 e. The number of amides is 1. The molecule has 0 fully saturated rings. The Hall–Kier alpha value is -2.18. The molecule has 0 aliphatic heterocycles.